The molecule has 0 amide bonds. The van der Waals surface area contributed by atoms with E-state index in [1.807, 2.05) is 41.0 Å². The first kappa shape index (κ1) is 33.4. The predicted molar refractivity (Wildman–Crippen MR) is 195 cm³/mol. The van der Waals surface area contributed by atoms with Crippen molar-refractivity contribution in [1.29, 1.82) is 0 Å². The van der Waals surface area contributed by atoms with Gasteiger partial charge in [-0.2, -0.15) is 6.07 Å². The molecule has 8 rings (SSSR count). The van der Waals surface area contributed by atoms with E-state index < -0.39 is 0 Å². The molecule has 4 aromatic carbocycles. The third-order valence-corrected chi connectivity index (χ3v) is 9.01. The van der Waals surface area contributed by atoms with E-state index in [9.17, 15) is 0 Å². The molecule has 0 N–H and O–H groups in total. The molecule has 8 aromatic rings. The minimum Gasteiger partial charge on any atom is -0.508 e. The molecule has 0 bridgehead atoms. The van der Waals surface area contributed by atoms with Crippen molar-refractivity contribution in [3.63, 3.8) is 0 Å². The molecule has 0 saturated carbocycles. The van der Waals surface area contributed by atoms with Crippen LogP contribution in [0.15, 0.2) is 116 Å². The number of aromatic nitrogens is 5. The SMILES string of the molecule is CC(C)(C)c1cc(-[n+]2[c-]n(-c3[c-]c(Oc4[c-]c5c(cc4)c4ccccc4n5-c4ccccn4)cnc3)c3ccccc32)cc(C(C)(C)C)c1.[Pt]. The maximum Gasteiger partial charge on any atom is 0.268 e. The second-order valence-electron chi connectivity index (χ2n) is 14.5. The van der Waals surface area contributed by atoms with Gasteiger partial charge < -0.3 is 18.9 Å². The van der Waals surface area contributed by atoms with E-state index in [0.717, 1.165) is 50.0 Å². The first-order valence-electron chi connectivity index (χ1n) is 16.6. The summed E-state index contributed by atoms with van der Waals surface area (Å²) in [5.74, 6) is 1.87. The van der Waals surface area contributed by atoms with Gasteiger partial charge in [-0.05, 0) is 69.6 Å². The molecule has 4 heterocycles. The molecule has 0 fully saturated rings. The van der Waals surface area contributed by atoms with E-state index in [2.05, 4.69) is 140 Å². The summed E-state index contributed by atoms with van der Waals surface area (Å²) in [7, 11) is 0. The van der Waals surface area contributed by atoms with Crippen LogP contribution in [-0.2, 0) is 31.9 Å². The number of hydrogen-bond acceptors (Lipinski definition) is 3. The first-order valence-corrected chi connectivity index (χ1v) is 16.6. The second kappa shape index (κ2) is 12.7. The fourth-order valence-electron chi connectivity index (χ4n) is 6.34. The van der Waals surface area contributed by atoms with Gasteiger partial charge in [0.15, 0.2) is 0 Å². The quantitative estimate of drug-likeness (QED) is 0.128. The molecule has 252 valence electrons. The van der Waals surface area contributed by atoms with Gasteiger partial charge in [-0.1, -0.05) is 108 Å². The van der Waals surface area contributed by atoms with E-state index in [1.54, 1.807) is 18.6 Å². The van der Waals surface area contributed by atoms with Crippen LogP contribution in [0, 0.1) is 18.5 Å². The molecule has 6 nitrogen and oxygen atoms in total. The summed E-state index contributed by atoms with van der Waals surface area (Å²) in [6.45, 7) is 13.6. The van der Waals surface area contributed by atoms with Crippen molar-refractivity contribution >= 4 is 32.8 Å². The number of rotatable bonds is 5. The molecular weight excluding hydrogens is 798 g/mol. The van der Waals surface area contributed by atoms with E-state index in [0.29, 0.717) is 11.5 Å². The van der Waals surface area contributed by atoms with Crippen molar-refractivity contribution in [3.8, 4) is 28.7 Å². The van der Waals surface area contributed by atoms with Crippen LogP contribution in [0.25, 0.3) is 50.0 Å². The topological polar surface area (TPSA) is 48.8 Å². The van der Waals surface area contributed by atoms with Crippen LogP contribution in [0.5, 0.6) is 11.5 Å². The first-order chi connectivity index (χ1) is 23.5. The van der Waals surface area contributed by atoms with Crippen molar-refractivity contribution in [2.75, 3.05) is 0 Å². The summed E-state index contributed by atoms with van der Waals surface area (Å²) in [6.07, 6.45) is 8.90. The molecule has 0 radical (unpaired) electrons. The van der Waals surface area contributed by atoms with Crippen LogP contribution in [0.4, 0.5) is 0 Å². The standard InChI is InChI=1S/C43H37N5O.Pt/c1-42(2,3)29-21-30(43(4,5)6)23-31(22-29)46-28-47(39-16-10-9-15-38(39)46)32-24-34(27-44-26-32)49-33-18-19-36-35-13-7-8-14-37(35)48(40(36)25-33)41-17-11-12-20-45-41;/h7-23,26-27H,1-6H3;/q-2;. The third kappa shape index (κ3) is 6.03. The largest absolute Gasteiger partial charge is 0.508 e. The van der Waals surface area contributed by atoms with Crippen LogP contribution in [0.1, 0.15) is 52.7 Å². The summed E-state index contributed by atoms with van der Waals surface area (Å²) in [4.78, 5) is 9.21. The molecule has 0 aliphatic heterocycles. The van der Waals surface area contributed by atoms with Crippen LogP contribution < -0.4 is 9.30 Å². The van der Waals surface area contributed by atoms with Gasteiger partial charge in [0, 0.05) is 44.3 Å². The van der Waals surface area contributed by atoms with E-state index in [-0.39, 0.29) is 31.9 Å². The fourth-order valence-corrected chi connectivity index (χ4v) is 6.34. The molecule has 4 aromatic heterocycles. The van der Waals surface area contributed by atoms with Gasteiger partial charge in [0.2, 0.25) is 0 Å². The molecule has 0 aliphatic rings. The Labute approximate surface area is 307 Å². The zero-order valence-electron chi connectivity index (χ0n) is 28.9. The van der Waals surface area contributed by atoms with Crippen LogP contribution in [0.3, 0.4) is 0 Å². The van der Waals surface area contributed by atoms with Crippen LogP contribution in [0.2, 0.25) is 0 Å². The Hall–Kier alpha value is -5.06. The van der Waals surface area contributed by atoms with Gasteiger partial charge in [-0.3, -0.25) is 4.57 Å². The Balaban J connectivity index is 0.00000392. The maximum absolute atomic E-state index is 6.40. The summed E-state index contributed by atoms with van der Waals surface area (Å²) >= 11 is 0. The number of imidazole rings is 1. The predicted octanol–water partition coefficient (Wildman–Crippen LogP) is 9.58. The Kier molecular flexibility index (Phi) is 8.48. The molecular formula is C43H37N5OPt-2. The molecule has 0 saturated heterocycles. The number of fused-ring (bicyclic) bond motifs is 4. The zero-order valence-corrected chi connectivity index (χ0v) is 31.2. The van der Waals surface area contributed by atoms with E-state index in [4.69, 9.17) is 4.74 Å². The molecule has 0 unspecified atom stereocenters. The van der Waals surface area contributed by atoms with Crippen LogP contribution in [-0.4, -0.2) is 19.1 Å². The van der Waals surface area contributed by atoms with Crippen molar-refractivity contribution < 1.29 is 30.4 Å². The smallest absolute Gasteiger partial charge is 0.268 e. The zero-order chi connectivity index (χ0) is 33.9. The van der Waals surface area contributed by atoms with Gasteiger partial charge in [-0.25, -0.2) is 4.98 Å². The Morgan fingerprint density at radius 3 is 2.10 bits per heavy atom. The van der Waals surface area contributed by atoms with Crippen molar-refractivity contribution in [3.05, 3.63) is 145 Å². The number of benzene rings is 4. The maximum atomic E-state index is 6.40. The normalized spacial score (nSPS) is 12.0. The van der Waals surface area contributed by atoms with Crippen molar-refractivity contribution in [2.45, 2.75) is 52.4 Å². The summed E-state index contributed by atoms with van der Waals surface area (Å²) in [5, 5.41) is 2.21. The van der Waals surface area contributed by atoms with Crippen molar-refractivity contribution in [2.24, 2.45) is 0 Å². The number of hydrogen-bond donors (Lipinski definition) is 0. The van der Waals surface area contributed by atoms with Gasteiger partial charge in [0.1, 0.15) is 5.82 Å². The van der Waals surface area contributed by atoms with Crippen molar-refractivity contribution in [1.82, 2.24) is 19.1 Å². The monoisotopic (exact) mass is 834 g/mol. The Bertz CT molecular complexity index is 2470. The minimum absolute atomic E-state index is 0. The summed E-state index contributed by atoms with van der Waals surface area (Å²) < 4.78 is 12.7. The van der Waals surface area contributed by atoms with Gasteiger partial charge in [0.05, 0.1) is 16.7 Å². The van der Waals surface area contributed by atoms with Gasteiger partial charge in [0.25, 0.3) is 6.33 Å². The Morgan fingerprint density at radius 2 is 1.38 bits per heavy atom. The summed E-state index contributed by atoms with van der Waals surface area (Å²) in [5.41, 5.74) is 8.31. The average Bonchev–Trinajstić information content (AvgIpc) is 3.64. The molecule has 50 heavy (non-hydrogen) atoms. The molecule has 0 atom stereocenters. The number of para-hydroxylation sites is 3. The third-order valence-electron chi connectivity index (χ3n) is 9.01. The Morgan fingerprint density at radius 1 is 0.680 bits per heavy atom. The molecule has 0 aliphatic carbocycles. The number of nitrogens with zero attached hydrogens (tertiary/aromatic N) is 5. The number of pyridine rings is 2. The van der Waals surface area contributed by atoms with Gasteiger partial charge in [-0.15, -0.1) is 23.6 Å². The van der Waals surface area contributed by atoms with E-state index in [1.165, 1.54) is 11.1 Å². The second-order valence-corrected chi connectivity index (χ2v) is 14.5. The van der Waals surface area contributed by atoms with Gasteiger partial charge >= 0.3 is 0 Å². The van der Waals surface area contributed by atoms with E-state index >= 15 is 0 Å². The molecule has 7 heteroatoms. The minimum atomic E-state index is -0.00961. The average molecular weight is 835 g/mol. The summed E-state index contributed by atoms with van der Waals surface area (Å²) in [6, 6.07) is 40.5. The number of ether oxygens (including phenoxy) is 1. The molecule has 0 spiro atoms. The fraction of sp³-hybridized carbons (Fsp3) is 0.186. The van der Waals surface area contributed by atoms with Crippen LogP contribution >= 0.6 is 0 Å².